The Balaban J connectivity index is 2.87. The van der Waals surface area contributed by atoms with E-state index in [-0.39, 0.29) is 0 Å². The average Bonchev–Trinajstić information content (AvgIpc) is 2.00. The number of hydrogen-bond donors (Lipinski definition) is 0. The zero-order valence-electron chi connectivity index (χ0n) is 7.02. The molecule has 84 valence electrons. The van der Waals surface area contributed by atoms with Crippen LogP contribution < -0.4 is 19.8 Å². The standard InChI is InChI=1S/C7H6F3O4P/c8-7(9,10)14-5-1-3-6(4-2-5)15(11,12)13/h1-4H,(H2,11,12,13)/p-2. The zero-order valence-corrected chi connectivity index (χ0v) is 7.92. The molecule has 0 aromatic heterocycles. The highest BCUT2D eigenvalue weighted by Crippen LogP contribution is 2.26. The van der Waals surface area contributed by atoms with E-state index in [9.17, 15) is 27.5 Å². The summed E-state index contributed by atoms with van der Waals surface area (Å²) < 4.78 is 48.9. The lowest BCUT2D eigenvalue weighted by molar-refractivity contribution is -0.307. The first-order valence-corrected chi connectivity index (χ1v) is 5.11. The Morgan fingerprint density at radius 2 is 1.60 bits per heavy atom. The van der Waals surface area contributed by atoms with Crippen molar-refractivity contribution < 1.29 is 32.3 Å². The molecule has 0 fully saturated rings. The van der Waals surface area contributed by atoms with Crippen molar-refractivity contribution >= 4 is 12.9 Å². The van der Waals surface area contributed by atoms with E-state index in [4.69, 9.17) is 0 Å². The molecule has 0 saturated heterocycles. The molecule has 0 aliphatic carbocycles. The molecule has 8 heteroatoms. The summed E-state index contributed by atoms with van der Waals surface area (Å²) in [7, 11) is -4.93. The molecule has 0 aliphatic rings. The lowest BCUT2D eigenvalue weighted by atomic mass is 10.3. The molecule has 0 aliphatic heterocycles. The Morgan fingerprint density at radius 3 is 1.93 bits per heavy atom. The molecular weight excluding hydrogens is 236 g/mol. The molecule has 0 amide bonds. The second-order valence-corrected chi connectivity index (χ2v) is 4.05. The van der Waals surface area contributed by atoms with Crippen molar-refractivity contribution in [3.05, 3.63) is 24.3 Å². The van der Waals surface area contributed by atoms with E-state index in [1.807, 2.05) is 0 Å². The molecule has 4 nitrogen and oxygen atoms in total. The predicted octanol–water partition coefficient (Wildman–Crippen LogP) is 0.124. The molecule has 1 rings (SSSR count). The molecule has 1 aromatic carbocycles. The van der Waals surface area contributed by atoms with Gasteiger partial charge in [-0.05, 0) is 25.0 Å². The molecule has 0 unspecified atom stereocenters. The molecule has 0 heterocycles. The van der Waals surface area contributed by atoms with Gasteiger partial charge in [-0.25, -0.2) is 0 Å². The fraction of sp³-hybridized carbons (Fsp3) is 0.143. The summed E-state index contributed by atoms with van der Waals surface area (Å²) in [6.45, 7) is 0. The molecule has 0 saturated carbocycles. The molecule has 0 bridgehead atoms. The topological polar surface area (TPSA) is 72.4 Å². The van der Waals surface area contributed by atoms with E-state index in [0.717, 1.165) is 24.3 Å². The van der Waals surface area contributed by atoms with Gasteiger partial charge in [0.25, 0.3) is 0 Å². The highest BCUT2D eigenvalue weighted by Gasteiger charge is 2.30. The van der Waals surface area contributed by atoms with Crippen molar-refractivity contribution in [1.29, 1.82) is 0 Å². The zero-order chi connectivity index (χ0) is 11.7. The highest BCUT2D eigenvalue weighted by atomic mass is 31.2. The maximum atomic E-state index is 11.7. The van der Waals surface area contributed by atoms with Crippen molar-refractivity contribution in [2.24, 2.45) is 0 Å². The molecule has 0 spiro atoms. The van der Waals surface area contributed by atoms with Gasteiger partial charge < -0.3 is 19.1 Å². The normalized spacial score (nSPS) is 12.6. The number of halogens is 3. The first-order valence-electron chi connectivity index (χ1n) is 3.57. The molecule has 1 aromatic rings. The minimum Gasteiger partial charge on any atom is -0.807 e. The number of ether oxygens (including phenoxy) is 1. The lowest BCUT2D eigenvalue weighted by Crippen LogP contribution is -2.24. The van der Waals surface area contributed by atoms with Crippen LogP contribution in [0.5, 0.6) is 5.75 Å². The third kappa shape index (κ3) is 3.91. The Morgan fingerprint density at radius 1 is 1.13 bits per heavy atom. The molecular formula is C7H4F3O4P-2. The van der Waals surface area contributed by atoms with Gasteiger partial charge in [-0.3, -0.25) is 0 Å². The van der Waals surface area contributed by atoms with Crippen LogP contribution in [0.3, 0.4) is 0 Å². The third-order valence-electron chi connectivity index (χ3n) is 1.39. The van der Waals surface area contributed by atoms with E-state index in [1.165, 1.54) is 0 Å². The van der Waals surface area contributed by atoms with Gasteiger partial charge in [-0.2, -0.15) is 0 Å². The van der Waals surface area contributed by atoms with Crippen molar-refractivity contribution in [2.75, 3.05) is 0 Å². The van der Waals surface area contributed by atoms with E-state index >= 15 is 0 Å². The van der Waals surface area contributed by atoms with Crippen LogP contribution in [0, 0.1) is 0 Å². The summed E-state index contributed by atoms with van der Waals surface area (Å²) >= 11 is 0. The Labute approximate surface area is 82.5 Å². The number of rotatable bonds is 2. The van der Waals surface area contributed by atoms with Crippen LogP contribution in [0.15, 0.2) is 24.3 Å². The smallest absolute Gasteiger partial charge is 0.573 e. The highest BCUT2D eigenvalue weighted by molar-refractivity contribution is 7.57. The number of alkyl halides is 3. The summed E-state index contributed by atoms with van der Waals surface area (Å²) in [5.74, 6) is -0.584. The minimum atomic E-state index is -4.93. The van der Waals surface area contributed by atoms with Gasteiger partial charge in [0, 0.05) is 0 Å². The van der Waals surface area contributed by atoms with Gasteiger partial charge in [-0.15, -0.1) is 13.2 Å². The molecule has 15 heavy (non-hydrogen) atoms. The Kier molecular flexibility index (Phi) is 3.08. The quantitative estimate of drug-likeness (QED) is 0.688. The number of hydrogen-bond acceptors (Lipinski definition) is 4. The maximum absolute atomic E-state index is 11.7. The van der Waals surface area contributed by atoms with Gasteiger partial charge in [0.1, 0.15) is 5.75 Å². The number of benzene rings is 1. The molecule has 0 radical (unpaired) electrons. The second-order valence-electron chi connectivity index (χ2n) is 2.54. The van der Waals surface area contributed by atoms with Gasteiger partial charge in [0.05, 0.1) is 0 Å². The summed E-state index contributed by atoms with van der Waals surface area (Å²) in [6.07, 6.45) is -4.85. The van der Waals surface area contributed by atoms with E-state index in [0.29, 0.717) is 0 Å². The summed E-state index contributed by atoms with van der Waals surface area (Å²) in [4.78, 5) is 20.9. The third-order valence-corrected chi connectivity index (χ3v) is 2.32. The van der Waals surface area contributed by atoms with Gasteiger partial charge in [0.2, 0.25) is 0 Å². The molecule has 0 N–H and O–H groups in total. The van der Waals surface area contributed by atoms with Crippen LogP contribution in [0.1, 0.15) is 0 Å². The first-order chi connectivity index (χ1) is 6.68. The fourth-order valence-corrected chi connectivity index (χ4v) is 1.34. The van der Waals surface area contributed by atoms with Crippen LogP contribution in [0.4, 0.5) is 13.2 Å². The lowest BCUT2D eigenvalue weighted by Gasteiger charge is -2.29. The summed E-state index contributed by atoms with van der Waals surface area (Å²) in [5, 5.41) is -0.586. The average molecular weight is 240 g/mol. The van der Waals surface area contributed by atoms with Gasteiger partial charge in [-0.1, -0.05) is 12.1 Å². The van der Waals surface area contributed by atoms with Crippen LogP contribution in [-0.4, -0.2) is 6.36 Å². The maximum Gasteiger partial charge on any atom is 0.573 e. The SMILES string of the molecule is O=P([O-])([O-])c1ccc(OC(F)(F)F)cc1. The van der Waals surface area contributed by atoms with E-state index in [2.05, 4.69) is 4.74 Å². The van der Waals surface area contributed by atoms with Crippen molar-refractivity contribution in [3.8, 4) is 5.75 Å². The molecule has 0 atom stereocenters. The summed E-state index contributed by atoms with van der Waals surface area (Å²) in [5.41, 5.74) is 0. The Bertz CT molecular complexity index is 380. The van der Waals surface area contributed by atoms with Crippen LogP contribution in [0.2, 0.25) is 0 Å². The fourth-order valence-electron chi connectivity index (χ4n) is 0.830. The van der Waals surface area contributed by atoms with Crippen LogP contribution in [0.25, 0.3) is 0 Å². The van der Waals surface area contributed by atoms with Crippen molar-refractivity contribution in [3.63, 3.8) is 0 Å². The second kappa shape index (κ2) is 3.84. The summed E-state index contributed by atoms with van der Waals surface area (Å²) in [6, 6.07) is 3.01. The van der Waals surface area contributed by atoms with E-state index < -0.39 is 25.0 Å². The van der Waals surface area contributed by atoms with Gasteiger partial charge in [0.15, 0.2) is 0 Å². The van der Waals surface area contributed by atoms with Crippen LogP contribution in [-0.2, 0) is 4.57 Å². The Hall–Kier alpha value is -1.04. The van der Waals surface area contributed by atoms with Gasteiger partial charge >= 0.3 is 6.36 Å². The van der Waals surface area contributed by atoms with Crippen molar-refractivity contribution in [2.45, 2.75) is 6.36 Å². The van der Waals surface area contributed by atoms with Crippen LogP contribution >= 0.6 is 7.60 Å². The van der Waals surface area contributed by atoms with Crippen molar-refractivity contribution in [1.82, 2.24) is 0 Å². The first kappa shape index (κ1) is 12.0. The van der Waals surface area contributed by atoms with E-state index in [1.54, 1.807) is 0 Å². The monoisotopic (exact) mass is 240 g/mol. The minimum absolute atomic E-state index is 0.584. The largest absolute Gasteiger partial charge is 0.807 e. The predicted molar refractivity (Wildman–Crippen MR) is 40.4 cm³/mol.